The number of rotatable bonds is 13. The zero-order valence-electron chi connectivity index (χ0n) is 29.4. The van der Waals surface area contributed by atoms with Gasteiger partial charge in [-0.25, -0.2) is 4.79 Å². The van der Waals surface area contributed by atoms with E-state index in [0.29, 0.717) is 17.1 Å². The number of carbonyl (C=O) groups excluding carboxylic acids is 1. The molecule has 1 N–H and O–H groups in total. The molecule has 3 atom stereocenters. The third-order valence-electron chi connectivity index (χ3n) is 9.87. The van der Waals surface area contributed by atoms with Crippen LogP contribution in [0.3, 0.4) is 0 Å². The van der Waals surface area contributed by atoms with E-state index in [1.54, 1.807) is 21.1 Å². The lowest BCUT2D eigenvalue weighted by Gasteiger charge is -2.41. The molecule has 0 bridgehead atoms. The molecule has 0 saturated carbocycles. The van der Waals surface area contributed by atoms with Gasteiger partial charge in [-0.3, -0.25) is 19.1 Å². The van der Waals surface area contributed by atoms with Crippen LogP contribution in [0.25, 0.3) is 0 Å². The molecule has 4 aromatic rings. The average Bonchev–Trinajstić information content (AvgIpc) is 3.38. The summed E-state index contributed by atoms with van der Waals surface area (Å²) < 4.78 is 33.1. The van der Waals surface area contributed by atoms with Crippen LogP contribution in [0.4, 0.5) is 0 Å². The van der Waals surface area contributed by atoms with Gasteiger partial charge in [0.25, 0.3) is 5.56 Å². The summed E-state index contributed by atoms with van der Waals surface area (Å²) in [6, 6.07) is 25.0. The predicted molar refractivity (Wildman–Crippen MR) is 191 cm³/mol. The van der Waals surface area contributed by atoms with Crippen LogP contribution in [-0.4, -0.2) is 64.2 Å². The van der Waals surface area contributed by atoms with Crippen LogP contribution in [-0.2, 0) is 30.0 Å². The minimum absolute atomic E-state index is 0.0851. The molecule has 0 aliphatic carbocycles. The van der Waals surface area contributed by atoms with Crippen molar-refractivity contribution in [1.82, 2.24) is 9.55 Å². The number of aldehydes is 1. The summed E-state index contributed by atoms with van der Waals surface area (Å²) >= 11 is 0. The lowest BCUT2D eigenvalue weighted by molar-refractivity contribution is -0.197. The SMILES string of the molecule is COc1ccc(C(OC[C@@]2(C=O)O[C@@]([SiH3])(n3cc(C)c(=O)[nH]c3=O)C[C@@H]2OC(C)(C)C(C)C)(c2ccccc2)c2ccc(OC)cc2)cc1. The van der Waals surface area contributed by atoms with Crippen LogP contribution in [0.15, 0.2) is 94.6 Å². The van der Waals surface area contributed by atoms with Gasteiger partial charge in [0.2, 0.25) is 0 Å². The van der Waals surface area contributed by atoms with Crippen LogP contribution in [0.2, 0.25) is 0 Å². The lowest BCUT2D eigenvalue weighted by Crippen LogP contribution is -2.53. The molecule has 1 fully saturated rings. The largest absolute Gasteiger partial charge is 0.497 e. The van der Waals surface area contributed by atoms with Crippen molar-refractivity contribution in [1.29, 1.82) is 0 Å². The van der Waals surface area contributed by atoms with Crippen molar-refractivity contribution >= 4 is 16.5 Å². The highest BCUT2D eigenvalue weighted by Gasteiger charge is 2.59. The molecule has 11 heteroatoms. The Kier molecular flexibility index (Phi) is 10.2. The third kappa shape index (κ3) is 6.80. The van der Waals surface area contributed by atoms with Crippen molar-refractivity contribution < 1.29 is 28.5 Å². The fraction of sp³-hybridized carbons (Fsp3) is 0.395. The molecule has 1 aliphatic heterocycles. The number of ether oxygens (including phenoxy) is 5. The molecule has 1 aliphatic rings. The van der Waals surface area contributed by atoms with Gasteiger partial charge >= 0.3 is 5.69 Å². The van der Waals surface area contributed by atoms with Gasteiger partial charge in [0.05, 0.1) is 36.7 Å². The zero-order chi connectivity index (χ0) is 35.6. The maximum atomic E-state index is 13.6. The first kappa shape index (κ1) is 36.0. The molecule has 0 amide bonds. The van der Waals surface area contributed by atoms with E-state index in [4.69, 9.17) is 23.7 Å². The zero-order valence-corrected chi connectivity index (χ0v) is 31.4. The van der Waals surface area contributed by atoms with E-state index in [0.717, 1.165) is 23.0 Å². The van der Waals surface area contributed by atoms with E-state index in [-0.39, 0.29) is 29.2 Å². The van der Waals surface area contributed by atoms with E-state index in [1.807, 2.05) is 107 Å². The number of H-pyrrole nitrogens is 1. The second kappa shape index (κ2) is 13.9. The number of aromatic amines is 1. The van der Waals surface area contributed by atoms with Gasteiger partial charge in [0, 0.05) is 18.2 Å². The summed E-state index contributed by atoms with van der Waals surface area (Å²) in [6.45, 7) is 9.43. The number of hydrogen-bond acceptors (Lipinski definition) is 8. The second-order valence-electron chi connectivity index (χ2n) is 13.7. The summed E-state index contributed by atoms with van der Waals surface area (Å²) in [5, 5.41) is -1.23. The van der Waals surface area contributed by atoms with Crippen LogP contribution in [0.1, 0.15) is 56.4 Å². The Morgan fingerprint density at radius 1 is 0.939 bits per heavy atom. The van der Waals surface area contributed by atoms with Crippen molar-refractivity contribution in [3.8, 4) is 11.5 Å². The molecule has 10 nitrogen and oxygen atoms in total. The minimum atomic E-state index is -1.64. The quantitative estimate of drug-likeness (QED) is 0.127. The van der Waals surface area contributed by atoms with E-state index in [1.165, 1.54) is 10.8 Å². The highest BCUT2D eigenvalue weighted by molar-refractivity contribution is 6.13. The highest BCUT2D eigenvalue weighted by atomic mass is 28.1. The number of nitrogens with one attached hydrogen (secondary N) is 1. The van der Waals surface area contributed by atoms with E-state index < -0.39 is 39.5 Å². The first-order valence-corrected chi connectivity index (χ1v) is 17.4. The number of methoxy groups -OCH3 is 2. The maximum absolute atomic E-state index is 13.6. The van der Waals surface area contributed by atoms with Crippen LogP contribution in [0.5, 0.6) is 11.5 Å². The number of benzene rings is 3. The number of carbonyl (C=O) groups is 1. The van der Waals surface area contributed by atoms with Crippen molar-refractivity contribution in [2.45, 2.75) is 69.3 Å². The van der Waals surface area contributed by atoms with Crippen molar-refractivity contribution in [2.24, 2.45) is 5.92 Å². The van der Waals surface area contributed by atoms with Crippen molar-refractivity contribution in [3.05, 3.63) is 128 Å². The molecule has 1 saturated heterocycles. The molecular weight excluding hydrogens is 641 g/mol. The molecular formula is C38H46N2O8Si. The van der Waals surface area contributed by atoms with Gasteiger partial charge in [0.1, 0.15) is 28.6 Å². The number of nitrogens with zero attached hydrogens (tertiary/aromatic N) is 1. The first-order valence-electron chi connectivity index (χ1n) is 16.4. The topological polar surface area (TPSA) is 118 Å². The summed E-state index contributed by atoms with van der Waals surface area (Å²) in [7, 11) is 3.50. The van der Waals surface area contributed by atoms with E-state index >= 15 is 0 Å². The summed E-state index contributed by atoms with van der Waals surface area (Å²) in [5.74, 6) is 1.44. The third-order valence-corrected chi connectivity index (χ3v) is 11.0. The molecule has 0 spiro atoms. The normalized spacial score (nSPS) is 21.2. The van der Waals surface area contributed by atoms with Gasteiger partial charge in [-0.1, -0.05) is 68.4 Å². The Morgan fingerprint density at radius 3 is 1.96 bits per heavy atom. The Hall–Kier alpha value is -4.29. The Bertz CT molecular complexity index is 1820. The lowest BCUT2D eigenvalue weighted by atomic mass is 9.79. The van der Waals surface area contributed by atoms with Crippen LogP contribution in [0, 0.1) is 12.8 Å². The minimum Gasteiger partial charge on any atom is -0.497 e. The van der Waals surface area contributed by atoms with Crippen molar-refractivity contribution in [2.75, 3.05) is 20.8 Å². The molecule has 3 aromatic carbocycles. The van der Waals surface area contributed by atoms with E-state index in [9.17, 15) is 14.4 Å². The molecule has 2 heterocycles. The molecule has 260 valence electrons. The molecule has 1 aromatic heterocycles. The van der Waals surface area contributed by atoms with Crippen molar-refractivity contribution in [3.63, 3.8) is 0 Å². The van der Waals surface area contributed by atoms with Gasteiger partial charge in [-0.2, -0.15) is 0 Å². The average molecular weight is 687 g/mol. The van der Waals surface area contributed by atoms with Gasteiger partial charge < -0.3 is 23.7 Å². The van der Waals surface area contributed by atoms with E-state index in [2.05, 4.69) is 4.98 Å². The first-order chi connectivity index (χ1) is 23.2. The smallest absolute Gasteiger partial charge is 0.330 e. The fourth-order valence-corrected chi connectivity index (χ4v) is 7.38. The summed E-state index contributed by atoms with van der Waals surface area (Å²) in [4.78, 5) is 41.5. The van der Waals surface area contributed by atoms with Crippen LogP contribution >= 0.6 is 0 Å². The summed E-state index contributed by atoms with van der Waals surface area (Å²) in [6.07, 6.45) is 1.62. The molecule has 5 rings (SSSR count). The number of hydrogen-bond donors (Lipinski definition) is 1. The maximum Gasteiger partial charge on any atom is 0.330 e. The Morgan fingerprint density at radius 2 is 1.47 bits per heavy atom. The Balaban J connectivity index is 1.70. The second-order valence-corrected chi connectivity index (χ2v) is 15.2. The van der Waals surface area contributed by atoms with Crippen LogP contribution < -0.4 is 20.7 Å². The number of aryl methyl sites for hydroxylation is 1. The van der Waals surface area contributed by atoms with Gasteiger partial charge in [-0.15, -0.1) is 0 Å². The Labute approximate surface area is 289 Å². The molecule has 0 unspecified atom stereocenters. The standard InChI is InChI=1S/C38H46N2O8Si/c1-25(2)35(4,5)47-32-21-37(49,40-22-26(3)33(42)39-34(40)43)48-36(32,23-41)24-46-38(27-11-9-8-10-12-27,28-13-17-30(44-6)18-14-28)29-15-19-31(45-7)20-16-29/h8-20,22-23,25,32H,21,24H2,1-7,49H3,(H,39,42,43)/t32-,36+,37-/m0/s1. The number of aromatic nitrogens is 2. The monoisotopic (exact) mass is 686 g/mol. The predicted octanol–water partition coefficient (Wildman–Crippen LogP) is 4.02. The fourth-order valence-electron chi connectivity index (χ4n) is 6.30. The summed E-state index contributed by atoms with van der Waals surface area (Å²) in [5.41, 5.74) is -1.91. The highest BCUT2D eigenvalue weighted by Crippen LogP contribution is 2.47. The van der Waals surface area contributed by atoms with Gasteiger partial charge in [-0.05, 0) is 67.6 Å². The molecule has 0 radical (unpaired) electrons. The molecule has 49 heavy (non-hydrogen) atoms. The van der Waals surface area contributed by atoms with Gasteiger partial charge in [0.15, 0.2) is 11.9 Å².